The van der Waals surface area contributed by atoms with E-state index in [2.05, 4.69) is 27.3 Å². The van der Waals surface area contributed by atoms with Gasteiger partial charge in [-0.25, -0.2) is 4.79 Å². The van der Waals surface area contributed by atoms with Crippen LogP contribution in [0.15, 0.2) is 30.3 Å². The molecule has 0 bridgehead atoms. The molecule has 3 rings (SSSR count). The average molecular weight is 355 g/mol. The lowest BCUT2D eigenvalue weighted by Crippen LogP contribution is -2.31. The molecule has 26 heavy (non-hydrogen) atoms. The number of H-pyrrole nitrogens is 1. The third-order valence-corrected chi connectivity index (χ3v) is 5.01. The van der Waals surface area contributed by atoms with Gasteiger partial charge in [0.2, 0.25) is 0 Å². The van der Waals surface area contributed by atoms with Crippen LogP contribution < -0.4 is 10.2 Å². The summed E-state index contributed by atoms with van der Waals surface area (Å²) in [6, 6.07) is 10.3. The second-order valence-corrected chi connectivity index (χ2v) is 6.76. The molecule has 0 spiro atoms. The van der Waals surface area contributed by atoms with Crippen molar-refractivity contribution in [2.45, 2.75) is 20.3 Å². The van der Waals surface area contributed by atoms with Crippen LogP contribution in [0.2, 0.25) is 0 Å². The first-order valence-corrected chi connectivity index (χ1v) is 8.87. The number of nitrogens with zero attached hydrogens (tertiary/aromatic N) is 1. The van der Waals surface area contributed by atoms with Crippen LogP contribution in [-0.2, 0) is 4.74 Å². The quantitative estimate of drug-likeness (QED) is 0.809. The molecule has 2 heterocycles. The summed E-state index contributed by atoms with van der Waals surface area (Å²) >= 11 is 0. The van der Waals surface area contributed by atoms with Gasteiger partial charge in [-0.05, 0) is 43.9 Å². The van der Waals surface area contributed by atoms with Crippen LogP contribution in [0.3, 0.4) is 0 Å². The molecular formula is C20H25N3O3. The maximum atomic E-state index is 12.5. The van der Waals surface area contributed by atoms with Crippen LogP contribution >= 0.6 is 0 Å². The normalized spacial score (nSPS) is 16.6. The molecule has 0 radical (unpaired) electrons. The number of hydrogen-bond donors (Lipinski definition) is 2. The average Bonchev–Trinajstić information content (AvgIpc) is 3.24. The van der Waals surface area contributed by atoms with Crippen molar-refractivity contribution in [3.63, 3.8) is 0 Å². The predicted molar refractivity (Wildman–Crippen MR) is 101 cm³/mol. The maximum Gasteiger partial charge on any atom is 0.339 e. The van der Waals surface area contributed by atoms with Crippen molar-refractivity contribution in [2.24, 2.45) is 5.92 Å². The first-order chi connectivity index (χ1) is 12.5. The molecule has 1 aliphatic heterocycles. The van der Waals surface area contributed by atoms with E-state index in [0.29, 0.717) is 35.0 Å². The van der Waals surface area contributed by atoms with Crippen LogP contribution in [0.5, 0.6) is 0 Å². The minimum Gasteiger partial charge on any atom is -0.465 e. The van der Waals surface area contributed by atoms with Gasteiger partial charge < -0.3 is 19.9 Å². The lowest BCUT2D eigenvalue weighted by molar-refractivity contribution is 0.0599. The van der Waals surface area contributed by atoms with Crippen molar-refractivity contribution in [1.82, 2.24) is 10.3 Å². The molecule has 6 nitrogen and oxygen atoms in total. The highest BCUT2D eigenvalue weighted by molar-refractivity contribution is 6.00. The highest BCUT2D eigenvalue weighted by atomic mass is 16.5. The number of methoxy groups -OCH3 is 1. The molecule has 1 aromatic carbocycles. The van der Waals surface area contributed by atoms with E-state index in [-0.39, 0.29) is 5.91 Å². The van der Waals surface area contributed by atoms with Gasteiger partial charge in [0.1, 0.15) is 5.69 Å². The zero-order valence-electron chi connectivity index (χ0n) is 15.5. The molecular weight excluding hydrogens is 330 g/mol. The van der Waals surface area contributed by atoms with Gasteiger partial charge >= 0.3 is 5.97 Å². The van der Waals surface area contributed by atoms with Crippen molar-refractivity contribution in [1.29, 1.82) is 0 Å². The lowest BCUT2D eigenvalue weighted by atomic mass is 10.1. The summed E-state index contributed by atoms with van der Waals surface area (Å²) < 4.78 is 4.79. The number of nitrogens with one attached hydrogen (secondary N) is 2. The van der Waals surface area contributed by atoms with Crippen molar-refractivity contribution >= 4 is 17.6 Å². The van der Waals surface area contributed by atoms with Crippen molar-refractivity contribution < 1.29 is 14.3 Å². The first-order valence-electron chi connectivity index (χ1n) is 8.87. The molecule has 0 aliphatic carbocycles. The number of aryl methyl sites for hydroxylation is 1. The molecule has 1 atom stereocenters. The summed E-state index contributed by atoms with van der Waals surface area (Å²) in [5.74, 6) is -0.195. The molecule has 0 saturated carbocycles. The molecule has 1 saturated heterocycles. The standard InChI is InChI=1S/C20H25N3O3/c1-13-17(20(25)26-3)14(2)22-18(13)19(24)21-11-15-9-10-23(12-15)16-7-5-4-6-8-16/h4-8,15,22H,9-12H2,1-3H3,(H,21,24)/t15-/m1/s1. The minimum atomic E-state index is -0.426. The number of rotatable bonds is 5. The SMILES string of the molecule is COC(=O)c1c(C)[nH]c(C(=O)NC[C@H]2CCN(c3ccccc3)C2)c1C. The predicted octanol–water partition coefficient (Wildman–Crippen LogP) is 2.67. The van der Waals surface area contributed by atoms with Gasteiger partial charge in [-0.3, -0.25) is 4.79 Å². The van der Waals surface area contributed by atoms with E-state index in [1.54, 1.807) is 13.8 Å². The second kappa shape index (κ2) is 7.64. The number of hydrogen-bond acceptors (Lipinski definition) is 4. The summed E-state index contributed by atoms with van der Waals surface area (Å²) in [6.07, 6.45) is 1.05. The van der Waals surface area contributed by atoms with Gasteiger partial charge in [0.25, 0.3) is 5.91 Å². The molecule has 0 unspecified atom stereocenters. The summed E-state index contributed by atoms with van der Waals surface area (Å²) in [5.41, 5.74) is 3.37. The summed E-state index contributed by atoms with van der Waals surface area (Å²) in [6.45, 7) is 6.08. The van der Waals surface area contributed by atoms with Crippen LogP contribution in [0.4, 0.5) is 5.69 Å². The molecule has 1 aliphatic rings. The number of carbonyl (C=O) groups excluding carboxylic acids is 2. The Morgan fingerprint density at radius 3 is 2.69 bits per heavy atom. The van der Waals surface area contributed by atoms with E-state index in [1.165, 1.54) is 12.8 Å². The zero-order valence-corrected chi connectivity index (χ0v) is 15.5. The zero-order chi connectivity index (χ0) is 18.7. The van der Waals surface area contributed by atoms with Crippen LogP contribution in [0, 0.1) is 19.8 Å². The Bertz CT molecular complexity index is 798. The molecule has 6 heteroatoms. The molecule has 138 valence electrons. The fourth-order valence-corrected chi connectivity index (χ4v) is 3.58. The number of esters is 1. The van der Waals surface area contributed by atoms with Crippen molar-refractivity contribution in [3.05, 3.63) is 52.8 Å². The molecule has 1 amide bonds. The fourth-order valence-electron chi connectivity index (χ4n) is 3.58. The van der Waals surface area contributed by atoms with Gasteiger partial charge in [-0.15, -0.1) is 0 Å². The number of benzene rings is 1. The van der Waals surface area contributed by atoms with E-state index in [9.17, 15) is 9.59 Å². The molecule has 2 N–H and O–H groups in total. The van der Waals surface area contributed by atoms with Gasteiger partial charge in [0.05, 0.1) is 12.7 Å². The maximum absolute atomic E-state index is 12.5. The number of ether oxygens (including phenoxy) is 1. The largest absolute Gasteiger partial charge is 0.465 e. The van der Waals surface area contributed by atoms with Crippen molar-refractivity contribution in [2.75, 3.05) is 31.6 Å². The topological polar surface area (TPSA) is 74.4 Å². The third-order valence-electron chi connectivity index (χ3n) is 5.01. The summed E-state index contributed by atoms with van der Waals surface area (Å²) in [5, 5.41) is 3.00. The molecule has 2 aromatic rings. The Hall–Kier alpha value is -2.76. The highest BCUT2D eigenvalue weighted by Crippen LogP contribution is 2.23. The van der Waals surface area contributed by atoms with E-state index in [4.69, 9.17) is 4.74 Å². The lowest BCUT2D eigenvalue weighted by Gasteiger charge is -2.18. The molecule has 1 fully saturated rings. The second-order valence-electron chi connectivity index (χ2n) is 6.76. The Kier molecular flexibility index (Phi) is 5.30. The van der Waals surface area contributed by atoms with E-state index >= 15 is 0 Å². The Morgan fingerprint density at radius 2 is 2.00 bits per heavy atom. The first kappa shape index (κ1) is 18.0. The van der Waals surface area contributed by atoms with Crippen LogP contribution in [-0.4, -0.2) is 43.6 Å². The van der Waals surface area contributed by atoms with Crippen molar-refractivity contribution in [3.8, 4) is 0 Å². The number of carbonyl (C=O) groups is 2. The molecule has 1 aromatic heterocycles. The van der Waals surface area contributed by atoms with Crippen LogP contribution in [0.1, 0.15) is 38.5 Å². The van der Waals surface area contributed by atoms with Gasteiger partial charge in [0.15, 0.2) is 0 Å². The number of para-hydroxylation sites is 1. The summed E-state index contributed by atoms with van der Waals surface area (Å²) in [4.78, 5) is 29.7. The smallest absolute Gasteiger partial charge is 0.339 e. The van der Waals surface area contributed by atoms with Gasteiger partial charge in [-0.2, -0.15) is 0 Å². The van der Waals surface area contributed by atoms with E-state index in [1.807, 2.05) is 18.2 Å². The Balaban J connectivity index is 1.59. The highest BCUT2D eigenvalue weighted by Gasteiger charge is 2.25. The van der Waals surface area contributed by atoms with Gasteiger partial charge in [0, 0.05) is 31.0 Å². The number of amides is 1. The van der Waals surface area contributed by atoms with E-state index < -0.39 is 5.97 Å². The Labute approximate surface area is 153 Å². The third kappa shape index (κ3) is 3.59. The Morgan fingerprint density at radius 1 is 1.27 bits per heavy atom. The van der Waals surface area contributed by atoms with Gasteiger partial charge in [-0.1, -0.05) is 18.2 Å². The monoisotopic (exact) mass is 355 g/mol. The number of aromatic amines is 1. The van der Waals surface area contributed by atoms with E-state index in [0.717, 1.165) is 19.5 Å². The minimum absolute atomic E-state index is 0.182. The fraction of sp³-hybridized carbons (Fsp3) is 0.400. The number of anilines is 1. The van der Waals surface area contributed by atoms with Crippen LogP contribution in [0.25, 0.3) is 0 Å². The number of aromatic nitrogens is 1. The summed E-state index contributed by atoms with van der Waals surface area (Å²) in [7, 11) is 1.34.